The van der Waals surface area contributed by atoms with Gasteiger partial charge in [-0.3, -0.25) is 0 Å². The van der Waals surface area contributed by atoms with E-state index in [0.717, 1.165) is 6.07 Å². The van der Waals surface area contributed by atoms with Gasteiger partial charge < -0.3 is 4.52 Å². The molecule has 0 saturated carbocycles. The average molecular weight is 230 g/mol. The van der Waals surface area contributed by atoms with E-state index in [1.165, 1.54) is 12.1 Å². The first-order chi connectivity index (χ1) is 6.96. The van der Waals surface area contributed by atoms with Gasteiger partial charge >= 0.3 is 0 Å². The van der Waals surface area contributed by atoms with Crippen LogP contribution in [0.15, 0.2) is 22.7 Å². The molecule has 80 valence electrons. The van der Waals surface area contributed by atoms with E-state index in [9.17, 15) is 12.8 Å². The Morgan fingerprint density at radius 2 is 2.20 bits per heavy atom. The van der Waals surface area contributed by atoms with Gasteiger partial charge in [-0.05, 0) is 12.1 Å². The van der Waals surface area contributed by atoms with E-state index < -0.39 is 21.6 Å². The molecule has 0 fully saturated rings. The van der Waals surface area contributed by atoms with Gasteiger partial charge in [0.15, 0.2) is 5.58 Å². The summed E-state index contributed by atoms with van der Waals surface area (Å²) >= 11 is 0. The molecule has 0 aliphatic heterocycles. The largest absolute Gasteiger partial charge is 0.356 e. The molecule has 0 saturated heterocycles. The fourth-order valence-corrected chi connectivity index (χ4v) is 1.85. The Hall–Kier alpha value is -1.47. The molecule has 7 heteroatoms. The number of aromatic nitrogens is 1. The second-order valence-corrected chi connectivity index (χ2v) is 4.69. The fraction of sp³-hybridized carbons (Fsp3) is 0.125. The van der Waals surface area contributed by atoms with Gasteiger partial charge in [0.2, 0.25) is 10.0 Å². The minimum absolute atomic E-state index is 0.188. The molecular formula is C8H7FN2O3S. The number of halogens is 1. The lowest BCUT2D eigenvalue weighted by Crippen LogP contribution is -2.14. The van der Waals surface area contributed by atoms with Crippen LogP contribution in [0.3, 0.4) is 0 Å². The first kappa shape index (κ1) is 10.1. The standard InChI is InChI=1S/C8H7FN2O3S/c9-5-1-2-6-7(4-15(10,12)13)11-14-8(6)3-5/h1-3H,4H2,(H2,10,12,13). The molecule has 0 aliphatic rings. The van der Waals surface area contributed by atoms with Crippen molar-refractivity contribution in [3.8, 4) is 0 Å². The summed E-state index contributed by atoms with van der Waals surface area (Å²) in [5, 5.41) is 8.83. The van der Waals surface area contributed by atoms with Crippen LogP contribution in [-0.4, -0.2) is 13.6 Å². The summed E-state index contributed by atoms with van der Waals surface area (Å²) in [5.41, 5.74) is 0.390. The lowest BCUT2D eigenvalue weighted by atomic mass is 10.2. The van der Waals surface area contributed by atoms with E-state index in [0.29, 0.717) is 5.39 Å². The maximum atomic E-state index is 12.8. The van der Waals surface area contributed by atoms with E-state index in [-0.39, 0.29) is 11.3 Å². The Labute approximate surface area is 84.7 Å². The van der Waals surface area contributed by atoms with Crippen molar-refractivity contribution >= 4 is 21.0 Å². The molecule has 1 aromatic heterocycles. The number of hydrogen-bond donors (Lipinski definition) is 1. The van der Waals surface area contributed by atoms with Crippen LogP contribution in [0.4, 0.5) is 4.39 Å². The highest BCUT2D eigenvalue weighted by Crippen LogP contribution is 2.20. The van der Waals surface area contributed by atoms with Crippen molar-refractivity contribution in [1.29, 1.82) is 0 Å². The number of rotatable bonds is 2. The molecule has 0 radical (unpaired) electrons. The number of fused-ring (bicyclic) bond motifs is 1. The Bertz CT molecular complexity index is 605. The molecule has 0 amide bonds. The molecule has 1 heterocycles. The number of sulfonamides is 1. The van der Waals surface area contributed by atoms with E-state index in [1.54, 1.807) is 0 Å². The van der Waals surface area contributed by atoms with Crippen LogP contribution in [0.2, 0.25) is 0 Å². The quantitative estimate of drug-likeness (QED) is 0.824. The van der Waals surface area contributed by atoms with Gasteiger partial charge in [0.25, 0.3) is 0 Å². The number of benzene rings is 1. The number of nitrogens with zero attached hydrogens (tertiary/aromatic N) is 1. The van der Waals surface area contributed by atoms with Gasteiger partial charge in [-0.2, -0.15) is 0 Å². The molecule has 0 bridgehead atoms. The van der Waals surface area contributed by atoms with Crippen LogP contribution in [0.5, 0.6) is 0 Å². The first-order valence-electron chi connectivity index (χ1n) is 4.00. The molecule has 1 aromatic carbocycles. The predicted octanol–water partition coefficient (Wildman–Crippen LogP) is 0.755. The molecule has 0 atom stereocenters. The molecule has 0 spiro atoms. The summed E-state index contributed by atoms with van der Waals surface area (Å²) in [4.78, 5) is 0. The third-order valence-corrected chi connectivity index (χ3v) is 2.52. The molecule has 2 N–H and O–H groups in total. The van der Waals surface area contributed by atoms with E-state index in [4.69, 9.17) is 9.66 Å². The van der Waals surface area contributed by atoms with Crippen molar-refractivity contribution in [2.24, 2.45) is 5.14 Å². The Morgan fingerprint density at radius 3 is 2.87 bits per heavy atom. The third-order valence-electron chi connectivity index (χ3n) is 1.85. The summed E-state index contributed by atoms with van der Waals surface area (Å²) in [7, 11) is -3.66. The van der Waals surface area contributed by atoms with Crippen molar-refractivity contribution in [1.82, 2.24) is 5.16 Å². The highest BCUT2D eigenvalue weighted by Gasteiger charge is 2.14. The van der Waals surface area contributed by atoms with Crippen molar-refractivity contribution in [3.63, 3.8) is 0 Å². The highest BCUT2D eigenvalue weighted by molar-refractivity contribution is 7.88. The lowest BCUT2D eigenvalue weighted by Gasteiger charge is -1.93. The minimum atomic E-state index is -3.66. The monoisotopic (exact) mass is 230 g/mol. The summed E-state index contributed by atoms with van der Waals surface area (Å²) in [5.74, 6) is -0.896. The summed E-state index contributed by atoms with van der Waals surface area (Å²) < 4.78 is 39.2. The summed E-state index contributed by atoms with van der Waals surface area (Å²) in [6, 6.07) is 3.74. The SMILES string of the molecule is NS(=O)(=O)Cc1noc2cc(F)ccc12. The van der Waals surface area contributed by atoms with Crippen molar-refractivity contribution in [2.75, 3.05) is 0 Å². The van der Waals surface area contributed by atoms with Gasteiger partial charge in [0.05, 0.1) is 0 Å². The van der Waals surface area contributed by atoms with E-state index >= 15 is 0 Å². The van der Waals surface area contributed by atoms with Gasteiger partial charge in [0, 0.05) is 11.5 Å². The zero-order valence-corrected chi connectivity index (χ0v) is 8.29. The average Bonchev–Trinajstić information content (AvgIpc) is 2.45. The Morgan fingerprint density at radius 1 is 1.47 bits per heavy atom. The molecular weight excluding hydrogens is 223 g/mol. The van der Waals surface area contributed by atoms with Gasteiger partial charge in [-0.1, -0.05) is 5.16 Å². The maximum absolute atomic E-state index is 12.8. The van der Waals surface area contributed by atoms with Crippen LogP contribution >= 0.6 is 0 Å². The molecule has 0 unspecified atom stereocenters. The van der Waals surface area contributed by atoms with Crippen molar-refractivity contribution in [3.05, 3.63) is 29.7 Å². The third kappa shape index (κ3) is 2.13. The fourth-order valence-electron chi connectivity index (χ4n) is 1.26. The minimum Gasteiger partial charge on any atom is -0.356 e. The Balaban J connectivity index is 2.55. The topological polar surface area (TPSA) is 86.2 Å². The van der Waals surface area contributed by atoms with Crippen LogP contribution in [0.1, 0.15) is 5.69 Å². The molecule has 15 heavy (non-hydrogen) atoms. The second-order valence-electron chi connectivity index (χ2n) is 3.08. The molecule has 2 rings (SSSR count). The highest BCUT2D eigenvalue weighted by atomic mass is 32.2. The number of hydrogen-bond acceptors (Lipinski definition) is 4. The maximum Gasteiger partial charge on any atom is 0.214 e. The Kier molecular flexibility index (Phi) is 2.20. The van der Waals surface area contributed by atoms with Gasteiger partial charge in [-0.15, -0.1) is 0 Å². The van der Waals surface area contributed by atoms with Crippen molar-refractivity contribution < 1.29 is 17.3 Å². The van der Waals surface area contributed by atoms with Gasteiger partial charge in [0.1, 0.15) is 17.3 Å². The number of nitrogens with two attached hydrogens (primary N) is 1. The van der Waals surface area contributed by atoms with Crippen LogP contribution in [-0.2, 0) is 15.8 Å². The predicted molar refractivity (Wildman–Crippen MR) is 50.8 cm³/mol. The molecule has 0 aliphatic carbocycles. The van der Waals surface area contributed by atoms with Crippen molar-refractivity contribution in [2.45, 2.75) is 5.75 Å². The van der Waals surface area contributed by atoms with Crippen LogP contribution < -0.4 is 5.14 Å². The van der Waals surface area contributed by atoms with Gasteiger partial charge in [-0.25, -0.2) is 17.9 Å². The zero-order chi connectivity index (χ0) is 11.1. The van der Waals surface area contributed by atoms with Crippen LogP contribution in [0, 0.1) is 5.82 Å². The smallest absolute Gasteiger partial charge is 0.214 e. The van der Waals surface area contributed by atoms with E-state index in [1.807, 2.05) is 0 Å². The number of primary sulfonamides is 1. The normalized spacial score (nSPS) is 12.1. The molecule has 2 aromatic rings. The first-order valence-corrected chi connectivity index (χ1v) is 5.71. The van der Waals surface area contributed by atoms with Crippen LogP contribution in [0.25, 0.3) is 11.0 Å². The summed E-state index contributed by atoms with van der Waals surface area (Å²) in [6.45, 7) is 0. The lowest BCUT2D eigenvalue weighted by molar-refractivity contribution is 0.447. The zero-order valence-electron chi connectivity index (χ0n) is 7.47. The molecule has 5 nitrogen and oxygen atoms in total. The second kappa shape index (κ2) is 3.28. The van der Waals surface area contributed by atoms with E-state index in [2.05, 4.69) is 5.16 Å². The summed E-state index contributed by atoms with van der Waals surface area (Å²) in [6.07, 6.45) is 0.